The first-order valence-electron chi connectivity index (χ1n) is 11.9. The maximum absolute atomic E-state index is 6.11. The van der Waals surface area contributed by atoms with Crippen molar-refractivity contribution >= 4 is 23.2 Å². The van der Waals surface area contributed by atoms with Crippen LogP contribution in [0.4, 0.5) is 0 Å². The molecule has 170 valence electrons. The number of benzene rings is 4. The Morgan fingerprint density at radius 3 is 1.39 bits per heavy atom. The van der Waals surface area contributed by atoms with Crippen LogP contribution in [0.5, 0.6) is 11.5 Å². The molecule has 4 aromatic rings. The number of ether oxygens (including phenoxy) is 2. The van der Waals surface area contributed by atoms with Crippen molar-refractivity contribution < 1.29 is 9.47 Å². The van der Waals surface area contributed by atoms with E-state index in [1.807, 2.05) is 31.2 Å². The van der Waals surface area contributed by atoms with Crippen LogP contribution in [-0.4, -0.2) is 19.4 Å². The molecule has 2 nitrogen and oxygen atoms in total. The molecule has 0 spiro atoms. The summed E-state index contributed by atoms with van der Waals surface area (Å²) in [6.07, 6.45) is 3.24. The summed E-state index contributed by atoms with van der Waals surface area (Å²) in [5.74, 6) is 1.65. The van der Waals surface area contributed by atoms with E-state index >= 15 is 0 Å². The molecular weight excluding hydrogens is 423 g/mol. The van der Waals surface area contributed by atoms with E-state index in [9.17, 15) is 0 Å². The van der Waals surface area contributed by atoms with Gasteiger partial charge in [0.1, 0.15) is 0 Å². The summed E-state index contributed by atoms with van der Waals surface area (Å²) in [6.45, 7) is 3.32. The molecule has 0 saturated heterocycles. The van der Waals surface area contributed by atoms with Gasteiger partial charge in [-0.1, -0.05) is 0 Å². The zero-order valence-electron chi connectivity index (χ0n) is 19.3. The normalized spacial score (nSPS) is 11.7. The molecule has 0 aromatic heterocycles. The van der Waals surface area contributed by atoms with Crippen LogP contribution in [0.25, 0.3) is 0 Å². The van der Waals surface area contributed by atoms with Gasteiger partial charge in [-0.2, -0.15) is 0 Å². The number of para-hydroxylation sites is 2. The Kier molecular flexibility index (Phi) is 8.17. The van der Waals surface area contributed by atoms with Crippen molar-refractivity contribution in [2.24, 2.45) is 0 Å². The van der Waals surface area contributed by atoms with Gasteiger partial charge in [-0.3, -0.25) is 0 Å². The van der Waals surface area contributed by atoms with Gasteiger partial charge >= 0.3 is 199 Å². The van der Waals surface area contributed by atoms with Gasteiger partial charge in [0.05, 0.1) is 0 Å². The van der Waals surface area contributed by atoms with Gasteiger partial charge in [-0.25, -0.2) is 0 Å². The van der Waals surface area contributed by atoms with Crippen molar-refractivity contribution in [3.63, 3.8) is 0 Å². The second-order valence-electron chi connectivity index (χ2n) is 8.19. The van der Waals surface area contributed by atoms with E-state index in [0.29, 0.717) is 13.2 Å². The van der Waals surface area contributed by atoms with E-state index in [1.165, 1.54) is 15.9 Å². The van der Waals surface area contributed by atoms with E-state index in [-0.39, 0.29) is 0 Å². The molecule has 33 heavy (non-hydrogen) atoms. The molecule has 0 N–H and O–H groups in total. The summed E-state index contributed by atoms with van der Waals surface area (Å²) in [5.41, 5.74) is 0. The van der Waals surface area contributed by atoms with Crippen molar-refractivity contribution in [3.05, 3.63) is 115 Å². The molecule has 0 radical (unpaired) electrons. The molecule has 0 atom stereocenters. The van der Waals surface area contributed by atoms with Crippen molar-refractivity contribution in [3.8, 4) is 11.5 Å². The molecule has 4 aromatic carbocycles. The maximum atomic E-state index is 6.11. The topological polar surface area (TPSA) is 18.5 Å². The first kappa shape index (κ1) is 23.1. The van der Waals surface area contributed by atoms with E-state index in [1.54, 1.807) is 0 Å². The van der Waals surface area contributed by atoms with Crippen LogP contribution < -0.4 is 25.4 Å². The fraction of sp³-hybridized carbons (Fsp3) is 0.200. The quantitative estimate of drug-likeness (QED) is 0.204. The van der Waals surface area contributed by atoms with Gasteiger partial charge in [0.25, 0.3) is 0 Å². The second-order valence-corrected chi connectivity index (χ2v) is 12.2. The van der Waals surface area contributed by atoms with E-state index in [0.717, 1.165) is 30.5 Å². The molecule has 0 unspecified atom stereocenters. The fourth-order valence-corrected chi connectivity index (χ4v) is 9.55. The summed E-state index contributed by atoms with van der Waals surface area (Å²) in [4.78, 5) is 0. The summed E-state index contributed by atoms with van der Waals surface area (Å²) < 4.78 is 11.8. The third-order valence-electron chi connectivity index (χ3n) is 6.15. The second kappa shape index (κ2) is 11.7. The molecule has 4 rings (SSSR count). The third kappa shape index (κ3) is 5.46. The number of hydrogen-bond donors (Lipinski definition) is 0. The van der Waals surface area contributed by atoms with Gasteiger partial charge in [0, 0.05) is 0 Å². The van der Waals surface area contributed by atoms with E-state index in [2.05, 4.69) is 91.0 Å². The molecule has 0 aliphatic heterocycles. The Morgan fingerprint density at radius 2 is 0.939 bits per heavy atom. The van der Waals surface area contributed by atoms with Gasteiger partial charge in [-0.15, -0.1) is 0 Å². The molecule has 0 heterocycles. The van der Waals surface area contributed by atoms with Crippen LogP contribution in [-0.2, 0) is 0 Å². The molecule has 0 amide bonds. The summed E-state index contributed by atoms with van der Waals surface area (Å²) in [7, 11) is -2.16. The third-order valence-corrected chi connectivity index (χ3v) is 11.2. The molecule has 3 heteroatoms. The van der Waals surface area contributed by atoms with Crippen LogP contribution in [0.1, 0.15) is 19.8 Å². The van der Waals surface area contributed by atoms with Crippen LogP contribution in [0.3, 0.4) is 0 Å². The Bertz CT molecular complexity index is 1000. The predicted molar refractivity (Wildman–Crippen MR) is 144 cm³/mol. The average molecular weight is 457 g/mol. The van der Waals surface area contributed by atoms with Crippen LogP contribution in [0, 0.1) is 0 Å². The molecule has 0 fully saturated rings. The number of rotatable bonds is 11. The Morgan fingerprint density at radius 1 is 0.515 bits per heavy atom. The van der Waals surface area contributed by atoms with Crippen LogP contribution in [0.2, 0.25) is 0 Å². The average Bonchev–Trinajstić information content (AvgIpc) is 2.89. The van der Waals surface area contributed by atoms with Crippen molar-refractivity contribution in [1.29, 1.82) is 0 Å². The van der Waals surface area contributed by atoms with Gasteiger partial charge in [0.15, 0.2) is 0 Å². The van der Waals surface area contributed by atoms with E-state index < -0.39 is 7.26 Å². The number of unbranched alkanes of at least 4 members (excludes halogenated alkanes) is 1. The minimum absolute atomic E-state index is 0.639. The molecule has 0 bridgehead atoms. The molecule has 0 aliphatic rings. The zero-order valence-corrected chi connectivity index (χ0v) is 20.3. The molecule has 0 aliphatic carbocycles. The SMILES string of the molecule is CCOc1ccccc1OCCCC[PH](c1ccccc1)(c1ccccc1)c1ccccc1. The monoisotopic (exact) mass is 456 g/mol. The van der Waals surface area contributed by atoms with Gasteiger partial charge in [-0.05, 0) is 0 Å². The van der Waals surface area contributed by atoms with Crippen molar-refractivity contribution in [2.75, 3.05) is 19.4 Å². The van der Waals surface area contributed by atoms with Crippen molar-refractivity contribution in [2.45, 2.75) is 19.8 Å². The van der Waals surface area contributed by atoms with Crippen molar-refractivity contribution in [1.82, 2.24) is 0 Å². The molecule has 0 saturated carbocycles. The summed E-state index contributed by atoms with van der Waals surface area (Å²) in [6, 6.07) is 41.3. The Labute approximate surface area is 198 Å². The first-order chi connectivity index (χ1) is 16.3. The van der Waals surface area contributed by atoms with Gasteiger partial charge in [0.2, 0.25) is 0 Å². The minimum atomic E-state index is -2.16. The Balaban J connectivity index is 1.56. The molecular formula is C30H33O2P. The standard InChI is InChI=1S/C30H33O2P/c1-2-31-29-22-12-13-23-30(29)32-24-14-15-25-33(26-16-6-3-7-17-26,27-18-8-4-9-19-27)28-20-10-5-11-21-28/h3-13,16-23,33H,2,14-15,24-25H2,1H3. The zero-order chi connectivity index (χ0) is 22.8. The fourth-order valence-electron chi connectivity index (χ4n) is 4.62. The van der Waals surface area contributed by atoms with E-state index in [4.69, 9.17) is 9.47 Å². The predicted octanol–water partition coefficient (Wildman–Crippen LogP) is 5.97. The first-order valence-corrected chi connectivity index (χ1v) is 14.1. The number of hydrogen-bond acceptors (Lipinski definition) is 2. The Hall–Kier alpha value is -3.09. The summed E-state index contributed by atoms with van der Waals surface area (Å²) in [5, 5.41) is 4.39. The van der Waals surface area contributed by atoms with Crippen LogP contribution >= 0.6 is 7.26 Å². The van der Waals surface area contributed by atoms with Crippen LogP contribution in [0.15, 0.2) is 115 Å². The summed E-state index contributed by atoms with van der Waals surface area (Å²) >= 11 is 0. The van der Waals surface area contributed by atoms with Gasteiger partial charge < -0.3 is 0 Å².